The first-order chi connectivity index (χ1) is 27.7. The summed E-state index contributed by atoms with van der Waals surface area (Å²) in [6.07, 6.45) is 38.8. The summed E-state index contributed by atoms with van der Waals surface area (Å²) in [4.78, 5) is 37.4. The maximum absolute atomic E-state index is 12.6. The van der Waals surface area contributed by atoms with E-state index in [4.69, 9.17) is 9.47 Å². The van der Waals surface area contributed by atoms with Crippen LogP contribution in [0.25, 0.3) is 0 Å². The Labute approximate surface area is 356 Å². The highest BCUT2D eigenvalue weighted by Crippen LogP contribution is 2.22. The van der Waals surface area contributed by atoms with Crippen molar-refractivity contribution in [3.63, 3.8) is 0 Å². The van der Waals surface area contributed by atoms with Gasteiger partial charge in [-0.05, 0) is 71.3 Å². The number of carbonyl (C=O) groups is 3. The van der Waals surface area contributed by atoms with Gasteiger partial charge in [0.25, 0.3) is 0 Å². The molecule has 1 atom stereocenters. The number of amides is 1. The van der Waals surface area contributed by atoms with Gasteiger partial charge in [-0.3, -0.25) is 14.5 Å². The molecule has 0 spiro atoms. The van der Waals surface area contributed by atoms with Crippen molar-refractivity contribution < 1.29 is 23.9 Å². The zero-order valence-electron chi connectivity index (χ0n) is 39.6. The quantitative estimate of drug-likeness (QED) is 0.0376. The van der Waals surface area contributed by atoms with E-state index in [9.17, 15) is 14.4 Å². The molecule has 0 aromatic rings. The lowest BCUT2D eigenvalue weighted by Crippen LogP contribution is -2.42. The molecule has 0 aliphatic rings. The van der Waals surface area contributed by atoms with Crippen LogP contribution in [0.15, 0.2) is 0 Å². The number of ether oxygens (including phenoxy) is 2. The highest BCUT2D eigenvalue weighted by atomic mass is 16.5. The summed E-state index contributed by atoms with van der Waals surface area (Å²) in [6.45, 7) is 15.2. The summed E-state index contributed by atoms with van der Waals surface area (Å²) >= 11 is 0. The Morgan fingerprint density at radius 1 is 0.561 bits per heavy atom. The Hall–Kier alpha value is -1.47. The van der Waals surface area contributed by atoms with Crippen LogP contribution in [0.5, 0.6) is 0 Å². The molecule has 0 aliphatic heterocycles. The molecule has 7 nitrogen and oxygen atoms in total. The third kappa shape index (κ3) is 42.5. The van der Waals surface area contributed by atoms with Crippen LogP contribution in [-0.4, -0.2) is 69.1 Å². The van der Waals surface area contributed by atoms with Crippen LogP contribution in [-0.2, 0) is 23.9 Å². The maximum atomic E-state index is 12.6. The number of hydrogen-bond donors (Lipinski definition) is 1. The van der Waals surface area contributed by atoms with E-state index in [0.717, 1.165) is 102 Å². The second-order valence-corrected chi connectivity index (χ2v) is 17.6. The van der Waals surface area contributed by atoms with Crippen LogP contribution in [0.1, 0.15) is 247 Å². The zero-order valence-corrected chi connectivity index (χ0v) is 39.6. The van der Waals surface area contributed by atoms with E-state index in [1.807, 2.05) is 14.2 Å². The second-order valence-electron chi connectivity index (χ2n) is 17.6. The van der Waals surface area contributed by atoms with Crippen LogP contribution >= 0.6 is 0 Å². The lowest BCUT2D eigenvalue weighted by atomic mass is 9.92. The minimum atomic E-state index is -0.0313. The molecule has 0 aromatic carbocycles. The van der Waals surface area contributed by atoms with E-state index >= 15 is 0 Å². The van der Waals surface area contributed by atoms with Crippen molar-refractivity contribution in [1.29, 1.82) is 0 Å². The van der Waals surface area contributed by atoms with Crippen molar-refractivity contribution in [2.75, 3.05) is 33.9 Å². The summed E-state index contributed by atoms with van der Waals surface area (Å²) in [6, 6.07) is 0.580. The molecule has 7 heteroatoms. The number of methoxy groups -OCH3 is 1. The number of hydrogen-bond acceptors (Lipinski definition) is 6. The van der Waals surface area contributed by atoms with Crippen LogP contribution in [0.2, 0.25) is 0 Å². The average Bonchev–Trinajstić information content (AvgIpc) is 3.19. The Morgan fingerprint density at radius 3 is 1.42 bits per heavy atom. The summed E-state index contributed by atoms with van der Waals surface area (Å²) in [5.74, 6) is 1.71. The van der Waals surface area contributed by atoms with Gasteiger partial charge in [0, 0.05) is 38.6 Å². The molecule has 0 aliphatic carbocycles. The lowest BCUT2D eigenvalue weighted by Gasteiger charge is -2.23. The van der Waals surface area contributed by atoms with Gasteiger partial charge in [0.2, 0.25) is 5.91 Å². The van der Waals surface area contributed by atoms with Gasteiger partial charge in [-0.15, -0.1) is 0 Å². The van der Waals surface area contributed by atoms with E-state index in [1.165, 1.54) is 109 Å². The Morgan fingerprint density at radius 2 is 0.982 bits per heavy atom. The monoisotopic (exact) mass is 809 g/mol. The van der Waals surface area contributed by atoms with Gasteiger partial charge in [0.05, 0.1) is 13.2 Å². The summed E-state index contributed by atoms with van der Waals surface area (Å²) in [5.41, 5.74) is 0. The van der Waals surface area contributed by atoms with Crippen molar-refractivity contribution >= 4 is 18.2 Å². The van der Waals surface area contributed by atoms with Crippen molar-refractivity contribution in [3.05, 3.63) is 0 Å². The van der Waals surface area contributed by atoms with Gasteiger partial charge in [0.15, 0.2) is 0 Å². The minimum Gasteiger partial charge on any atom is -0.466 e. The minimum absolute atomic E-state index is 0.0313. The van der Waals surface area contributed by atoms with Crippen molar-refractivity contribution in [1.82, 2.24) is 10.2 Å². The first-order valence-electron chi connectivity index (χ1n) is 24.8. The van der Waals surface area contributed by atoms with E-state index in [1.54, 1.807) is 0 Å². The van der Waals surface area contributed by atoms with Gasteiger partial charge in [-0.25, -0.2) is 0 Å². The number of rotatable bonds is 42. The molecule has 1 amide bonds. The van der Waals surface area contributed by atoms with Gasteiger partial charge in [-0.2, -0.15) is 0 Å². The van der Waals surface area contributed by atoms with Crippen molar-refractivity contribution in [3.8, 4) is 0 Å². The highest BCUT2D eigenvalue weighted by Gasteiger charge is 2.15. The van der Waals surface area contributed by atoms with Crippen molar-refractivity contribution in [2.24, 2.45) is 11.8 Å². The van der Waals surface area contributed by atoms with Crippen LogP contribution in [0.3, 0.4) is 0 Å². The van der Waals surface area contributed by atoms with Crippen LogP contribution < -0.4 is 5.32 Å². The fourth-order valence-electron chi connectivity index (χ4n) is 7.60. The van der Waals surface area contributed by atoms with Crippen molar-refractivity contribution in [2.45, 2.75) is 259 Å². The topological polar surface area (TPSA) is 84.9 Å². The molecule has 0 aromatic heterocycles. The highest BCUT2D eigenvalue weighted by molar-refractivity contribution is 5.78. The number of unbranched alkanes of at least 4 members (excludes halogenated alkanes) is 17. The van der Waals surface area contributed by atoms with E-state index in [2.05, 4.69) is 51.8 Å². The largest absolute Gasteiger partial charge is 0.466 e. The lowest BCUT2D eigenvalue weighted by molar-refractivity contribution is -0.144. The molecular weight excluding hydrogens is 709 g/mol. The molecule has 340 valence electrons. The normalized spacial score (nSPS) is 12.0. The number of nitrogens with one attached hydrogen (secondary N) is 1. The summed E-state index contributed by atoms with van der Waals surface area (Å²) in [7, 11) is 3.81. The number of carbonyl (C=O) groups excluding carboxylic acids is 3. The SMILES string of the molecule is CCCCCC(CCCCC)CCOC.CCCCCC(CCCCC)CCOC(=O)CCCCCCCC(CCCCCCCC=O)NC(=O)CN(C)C(C)C. The predicted octanol–water partition coefficient (Wildman–Crippen LogP) is 14.0. The molecule has 0 saturated heterocycles. The number of nitrogens with zero attached hydrogens (tertiary/aromatic N) is 1. The summed E-state index contributed by atoms with van der Waals surface area (Å²) < 4.78 is 10.8. The molecule has 0 radical (unpaired) electrons. The predicted molar refractivity (Wildman–Crippen MR) is 246 cm³/mol. The van der Waals surface area contributed by atoms with Crippen LogP contribution in [0.4, 0.5) is 0 Å². The molecular formula is C50H100N2O5. The smallest absolute Gasteiger partial charge is 0.305 e. The molecule has 0 fully saturated rings. The van der Waals surface area contributed by atoms with Gasteiger partial charge in [-0.1, -0.05) is 182 Å². The molecule has 0 saturated carbocycles. The van der Waals surface area contributed by atoms with E-state index in [-0.39, 0.29) is 17.9 Å². The number of esters is 1. The zero-order chi connectivity index (χ0) is 42.6. The Balaban J connectivity index is 0. The third-order valence-corrected chi connectivity index (χ3v) is 11.8. The molecule has 1 N–H and O–H groups in total. The number of likely N-dealkylation sites (N-methyl/N-ethyl adjacent to an activating group) is 1. The van der Waals surface area contributed by atoms with E-state index in [0.29, 0.717) is 38.0 Å². The van der Waals surface area contributed by atoms with Gasteiger partial charge < -0.3 is 19.6 Å². The Kier molecular flexibility index (Phi) is 46.1. The first-order valence-corrected chi connectivity index (χ1v) is 24.8. The summed E-state index contributed by atoms with van der Waals surface area (Å²) in [5, 5.41) is 3.30. The Bertz CT molecular complexity index is 833. The standard InChI is InChI=1S/C36H70N2O4.C14H30O/c1-6-8-17-23-33(24-18-9-7-2)28-30-42-36(41)27-21-15-12-14-20-26-34(25-19-13-10-11-16-22-29-39)37-35(40)31-38(5)32(3)4;1-4-6-8-10-14(12-13-15-3)11-9-7-5-2/h29,32-34H,6-28,30-31H2,1-5H3,(H,37,40);14H,4-13H2,1-3H3. The fraction of sp³-hybridized carbons (Fsp3) is 0.940. The number of aldehydes is 1. The molecule has 1 unspecified atom stereocenters. The third-order valence-electron chi connectivity index (χ3n) is 11.8. The van der Waals surface area contributed by atoms with Crippen LogP contribution in [0, 0.1) is 11.8 Å². The maximum Gasteiger partial charge on any atom is 0.305 e. The van der Waals surface area contributed by atoms with Gasteiger partial charge >= 0.3 is 5.97 Å². The first kappa shape index (κ1) is 57.6. The molecule has 0 heterocycles. The van der Waals surface area contributed by atoms with Gasteiger partial charge in [0.1, 0.15) is 6.29 Å². The molecule has 57 heavy (non-hydrogen) atoms. The molecule has 0 bridgehead atoms. The second kappa shape index (κ2) is 45.6. The van der Waals surface area contributed by atoms with E-state index < -0.39 is 0 Å². The molecule has 0 rings (SSSR count). The average molecular weight is 809 g/mol. The fourth-order valence-corrected chi connectivity index (χ4v) is 7.60.